The lowest BCUT2D eigenvalue weighted by atomic mass is 9.45. The molecule has 4 aliphatic carbocycles. The maximum absolute atomic E-state index is 13.9. The van der Waals surface area contributed by atoms with E-state index in [9.17, 15) is 25.2 Å². The zero-order chi connectivity index (χ0) is 32.0. The van der Waals surface area contributed by atoms with Gasteiger partial charge in [-0.25, -0.2) is 0 Å². The van der Waals surface area contributed by atoms with Crippen molar-refractivity contribution in [2.75, 3.05) is 13.2 Å². The van der Waals surface area contributed by atoms with Crippen molar-refractivity contribution in [2.24, 2.45) is 46.2 Å². The van der Waals surface area contributed by atoms with Crippen LogP contribution in [0.25, 0.3) is 0 Å². The smallest absolute Gasteiger partial charge is 0.159 e. The molecule has 246 valence electrons. The molecule has 1 saturated heterocycles. The second-order valence-corrected chi connectivity index (χ2v) is 16.0. The highest BCUT2D eigenvalue weighted by Crippen LogP contribution is 2.70. The van der Waals surface area contributed by atoms with Crippen LogP contribution in [0.4, 0.5) is 0 Å². The molecule has 0 bridgehead atoms. The number of nitrogens with two attached hydrogens (primary N) is 1. The fourth-order valence-electron chi connectivity index (χ4n) is 10.4. The summed E-state index contributed by atoms with van der Waals surface area (Å²) in [5.41, 5.74) is 3.80. The van der Waals surface area contributed by atoms with Crippen molar-refractivity contribution in [3.8, 4) is 0 Å². The summed E-state index contributed by atoms with van der Waals surface area (Å²) >= 11 is 0. The number of hydrogen-bond acceptors (Lipinski definition) is 9. The van der Waals surface area contributed by atoms with E-state index in [2.05, 4.69) is 32.2 Å². The number of carbonyl (C=O) groups excluding carboxylic acids is 1. The van der Waals surface area contributed by atoms with Gasteiger partial charge >= 0.3 is 0 Å². The molecule has 13 atom stereocenters. The molecule has 6 aliphatic rings. The molecule has 9 nitrogen and oxygen atoms in total. The summed E-state index contributed by atoms with van der Waals surface area (Å²) in [6, 6.07) is 0. The summed E-state index contributed by atoms with van der Waals surface area (Å²) in [5, 5.41) is 50.3. The van der Waals surface area contributed by atoms with Crippen LogP contribution in [0.1, 0.15) is 80.1 Å². The predicted octanol–water partition coefficient (Wildman–Crippen LogP) is 2.72. The van der Waals surface area contributed by atoms with E-state index in [1.165, 1.54) is 0 Å². The third kappa shape index (κ3) is 4.67. The van der Waals surface area contributed by atoms with Crippen molar-refractivity contribution < 1.29 is 34.7 Å². The molecule has 0 radical (unpaired) electrons. The molecule has 13 unspecified atom stereocenters. The molecule has 6 rings (SSSR count). The molecule has 0 aromatic rings. The van der Waals surface area contributed by atoms with Crippen molar-refractivity contribution >= 4 is 5.78 Å². The number of carbonyl (C=O) groups is 1. The Balaban J connectivity index is 1.22. The standard InChI is InChI=1S/C35H54N2O7/c1-18(2)19(3)29(40)31-34(6,41)30-27(44-31)17-35(42)22-14-24(38)23-15-26(43-12-9-20-8-11-37-28(36)13-20)25(39)16-32(23,4)21(22)7-10-33(30,35)5/h8,13-14,18-19,21,23,25-27,29-31,37,39-42H,7,9-12,15-17,36H2,1-6H3. The Labute approximate surface area is 261 Å². The van der Waals surface area contributed by atoms with E-state index >= 15 is 0 Å². The molecule has 0 amide bonds. The lowest BCUT2D eigenvalue weighted by molar-refractivity contribution is -0.177. The number of nitrogens with one attached hydrogen (secondary N) is 1. The van der Waals surface area contributed by atoms with E-state index in [1.807, 2.05) is 19.9 Å². The Bertz CT molecular complexity index is 1260. The molecule has 3 saturated carbocycles. The maximum Gasteiger partial charge on any atom is 0.159 e. The van der Waals surface area contributed by atoms with Crippen LogP contribution in [0.15, 0.2) is 35.2 Å². The van der Waals surface area contributed by atoms with Crippen LogP contribution in [0.5, 0.6) is 0 Å². The van der Waals surface area contributed by atoms with Gasteiger partial charge in [-0.15, -0.1) is 0 Å². The monoisotopic (exact) mass is 614 g/mol. The number of dihydropyridines is 1. The maximum atomic E-state index is 13.9. The molecule has 9 heteroatoms. The highest BCUT2D eigenvalue weighted by molar-refractivity contribution is 5.95. The zero-order valence-corrected chi connectivity index (χ0v) is 27.3. The minimum Gasteiger partial charge on any atom is -0.390 e. The van der Waals surface area contributed by atoms with E-state index in [0.717, 1.165) is 17.6 Å². The highest BCUT2D eigenvalue weighted by Gasteiger charge is 2.75. The topological polar surface area (TPSA) is 154 Å². The van der Waals surface area contributed by atoms with Crippen LogP contribution in [-0.4, -0.2) is 81.1 Å². The predicted molar refractivity (Wildman–Crippen MR) is 166 cm³/mol. The van der Waals surface area contributed by atoms with E-state index in [1.54, 1.807) is 13.0 Å². The number of allylic oxidation sites excluding steroid dienone is 2. The first kappa shape index (κ1) is 32.2. The first-order chi connectivity index (χ1) is 20.5. The van der Waals surface area contributed by atoms with Crippen LogP contribution in [0.3, 0.4) is 0 Å². The van der Waals surface area contributed by atoms with Gasteiger partial charge in [-0.2, -0.15) is 0 Å². The summed E-state index contributed by atoms with van der Waals surface area (Å²) in [6.07, 6.45) is 5.73. The Morgan fingerprint density at radius 1 is 1.14 bits per heavy atom. The van der Waals surface area contributed by atoms with Gasteiger partial charge in [0.05, 0.1) is 48.0 Å². The highest BCUT2D eigenvalue weighted by atomic mass is 16.5. The average Bonchev–Trinajstić information content (AvgIpc) is 3.35. The molecular weight excluding hydrogens is 560 g/mol. The van der Waals surface area contributed by atoms with Crippen molar-refractivity contribution in [3.05, 3.63) is 35.2 Å². The van der Waals surface area contributed by atoms with Gasteiger partial charge in [-0.05, 0) is 85.5 Å². The van der Waals surface area contributed by atoms with Crippen molar-refractivity contribution in [3.63, 3.8) is 0 Å². The first-order valence-corrected chi connectivity index (χ1v) is 16.8. The average molecular weight is 615 g/mol. The Kier molecular flexibility index (Phi) is 7.99. The minimum atomic E-state index is -1.34. The van der Waals surface area contributed by atoms with Crippen LogP contribution in [0, 0.1) is 40.4 Å². The number of ether oxygens (including phenoxy) is 2. The van der Waals surface area contributed by atoms with Crippen LogP contribution >= 0.6 is 0 Å². The van der Waals surface area contributed by atoms with Crippen molar-refractivity contribution in [2.45, 2.75) is 122 Å². The first-order valence-electron chi connectivity index (χ1n) is 16.8. The zero-order valence-electron chi connectivity index (χ0n) is 27.3. The number of ketones is 1. The summed E-state index contributed by atoms with van der Waals surface area (Å²) in [4.78, 5) is 13.9. The number of aliphatic hydroxyl groups excluding tert-OH is 2. The van der Waals surface area contributed by atoms with Gasteiger partial charge in [0.2, 0.25) is 0 Å². The summed E-state index contributed by atoms with van der Waals surface area (Å²) < 4.78 is 12.6. The Morgan fingerprint density at radius 3 is 2.55 bits per heavy atom. The number of fused-ring (bicyclic) bond motifs is 7. The third-order valence-electron chi connectivity index (χ3n) is 13.2. The summed E-state index contributed by atoms with van der Waals surface area (Å²) in [7, 11) is 0. The molecular formula is C35H54N2O7. The molecule has 2 aliphatic heterocycles. The van der Waals surface area contributed by atoms with E-state index in [-0.39, 0.29) is 35.9 Å². The summed E-state index contributed by atoms with van der Waals surface area (Å²) in [5.74, 6) is 0.0107. The van der Waals surface area contributed by atoms with Gasteiger partial charge in [0.1, 0.15) is 6.10 Å². The van der Waals surface area contributed by atoms with Gasteiger partial charge in [-0.1, -0.05) is 40.7 Å². The Morgan fingerprint density at radius 2 is 1.86 bits per heavy atom. The minimum absolute atomic E-state index is 0.0162. The lowest BCUT2D eigenvalue weighted by Gasteiger charge is -2.60. The fraction of sp³-hybridized carbons (Fsp3) is 0.800. The van der Waals surface area contributed by atoms with Crippen LogP contribution in [-0.2, 0) is 14.3 Å². The number of aliphatic hydroxyl groups is 4. The van der Waals surface area contributed by atoms with Crippen LogP contribution < -0.4 is 11.1 Å². The number of hydrogen-bond donors (Lipinski definition) is 6. The van der Waals surface area contributed by atoms with Crippen LogP contribution in [0.2, 0.25) is 0 Å². The summed E-state index contributed by atoms with van der Waals surface area (Å²) in [6.45, 7) is 13.1. The van der Waals surface area contributed by atoms with E-state index < -0.39 is 58.5 Å². The van der Waals surface area contributed by atoms with E-state index in [4.69, 9.17) is 15.2 Å². The molecule has 0 spiro atoms. The normalized spacial score (nSPS) is 47.8. The number of rotatable bonds is 7. The van der Waals surface area contributed by atoms with Gasteiger partial charge in [0.15, 0.2) is 5.78 Å². The molecule has 44 heavy (non-hydrogen) atoms. The molecule has 7 N–H and O–H groups in total. The Hall–Kier alpha value is -1.75. The van der Waals surface area contributed by atoms with E-state index in [0.29, 0.717) is 44.7 Å². The fourth-order valence-corrected chi connectivity index (χ4v) is 10.4. The van der Waals surface area contributed by atoms with Gasteiger partial charge in [0, 0.05) is 30.2 Å². The molecule has 0 aromatic heterocycles. The van der Waals surface area contributed by atoms with Crippen molar-refractivity contribution in [1.29, 1.82) is 0 Å². The molecule has 4 fully saturated rings. The van der Waals surface area contributed by atoms with Gasteiger partial charge < -0.3 is 41.0 Å². The second kappa shape index (κ2) is 10.9. The van der Waals surface area contributed by atoms with Crippen molar-refractivity contribution in [1.82, 2.24) is 5.32 Å². The lowest BCUT2D eigenvalue weighted by Crippen LogP contribution is -2.63. The molecule has 0 aromatic carbocycles. The quantitative estimate of drug-likeness (QED) is 0.254. The van der Waals surface area contributed by atoms with Gasteiger partial charge in [0.25, 0.3) is 0 Å². The molecule has 2 heterocycles. The van der Waals surface area contributed by atoms with Gasteiger partial charge in [-0.3, -0.25) is 4.79 Å². The second-order valence-electron chi connectivity index (χ2n) is 16.0. The SMILES string of the molecule is CC(C)C(C)C(O)C1OC2CC3(O)C4=CC(=O)C5CC(OCCC6=CCNC(N)=C6)C(O)CC5(C)C4CCC3(C)C2C1(C)O. The largest absolute Gasteiger partial charge is 0.390 e. The third-order valence-corrected chi connectivity index (χ3v) is 13.2.